The zero-order valence-electron chi connectivity index (χ0n) is 11.4. The lowest BCUT2D eigenvalue weighted by Crippen LogP contribution is -2.58. The van der Waals surface area contributed by atoms with Gasteiger partial charge in [-0.3, -0.25) is 0 Å². The standard InChI is InChI=1S/C12H24N2O3/c1-10(2,3)17-9(15)14-7-6-12(16,8-14)11(4,5)13/h16H,6-8,13H2,1-5H3. The van der Waals surface area contributed by atoms with Crippen molar-refractivity contribution in [2.75, 3.05) is 13.1 Å². The predicted molar refractivity (Wildman–Crippen MR) is 65.6 cm³/mol. The number of amides is 1. The molecule has 0 radical (unpaired) electrons. The highest BCUT2D eigenvalue weighted by atomic mass is 16.6. The lowest BCUT2D eigenvalue weighted by atomic mass is 9.83. The molecule has 1 amide bonds. The minimum Gasteiger partial charge on any atom is -0.444 e. The highest BCUT2D eigenvalue weighted by molar-refractivity contribution is 5.68. The van der Waals surface area contributed by atoms with Crippen molar-refractivity contribution >= 4 is 6.09 Å². The number of β-amino-alcohol motifs (C(OH)–C–C–N with tert-alkyl or cyclic N) is 1. The molecule has 1 heterocycles. The van der Waals surface area contributed by atoms with Gasteiger partial charge in [-0.1, -0.05) is 0 Å². The molecule has 3 N–H and O–H groups in total. The molecule has 0 aromatic rings. The molecule has 1 rings (SSSR count). The SMILES string of the molecule is CC(C)(C)OC(=O)N1CCC(O)(C(C)(C)N)C1. The van der Waals surface area contributed by atoms with Crippen LogP contribution in [0.5, 0.6) is 0 Å². The van der Waals surface area contributed by atoms with Crippen LogP contribution in [0.2, 0.25) is 0 Å². The zero-order chi connectivity index (χ0) is 13.5. The lowest BCUT2D eigenvalue weighted by molar-refractivity contribution is -0.0178. The smallest absolute Gasteiger partial charge is 0.410 e. The van der Waals surface area contributed by atoms with Crippen LogP contribution in [0, 0.1) is 0 Å². The van der Waals surface area contributed by atoms with Crippen LogP contribution in [-0.2, 0) is 4.74 Å². The van der Waals surface area contributed by atoms with E-state index in [1.807, 2.05) is 20.8 Å². The van der Waals surface area contributed by atoms with Gasteiger partial charge in [0.15, 0.2) is 0 Å². The molecule has 0 aliphatic carbocycles. The number of rotatable bonds is 1. The number of carbonyl (C=O) groups excluding carboxylic acids is 1. The molecule has 0 spiro atoms. The third-order valence-corrected chi connectivity index (χ3v) is 3.10. The number of nitrogens with two attached hydrogens (primary N) is 1. The Bertz CT molecular complexity index is 304. The fourth-order valence-corrected chi connectivity index (χ4v) is 1.80. The minimum atomic E-state index is -1.04. The van der Waals surface area contributed by atoms with Crippen molar-refractivity contribution in [3.63, 3.8) is 0 Å². The van der Waals surface area contributed by atoms with E-state index in [-0.39, 0.29) is 6.54 Å². The van der Waals surface area contributed by atoms with E-state index >= 15 is 0 Å². The van der Waals surface area contributed by atoms with Crippen molar-refractivity contribution in [1.82, 2.24) is 4.90 Å². The second-order valence-electron chi connectivity index (χ2n) is 6.41. The molecule has 1 atom stereocenters. The van der Waals surface area contributed by atoms with E-state index in [2.05, 4.69) is 0 Å². The molecule has 0 bridgehead atoms. The number of nitrogens with zero attached hydrogens (tertiary/aromatic N) is 1. The van der Waals surface area contributed by atoms with Crippen molar-refractivity contribution in [1.29, 1.82) is 0 Å². The Kier molecular flexibility index (Phi) is 3.47. The summed E-state index contributed by atoms with van der Waals surface area (Å²) in [6, 6.07) is 0. The van der Waals surface area contributed by atoms with Gasteiger partial charge in [0.05, 0.1) is 6.54 Å². The Labute approximate surface area is 103 Å². The predicted octanol–water partition coefficient (Wildman–Crippen LogP) is 1.10. The molecule has 5 nitrogen and oxygen atoms in total. The number of aliphatic hydroxyl groups is 1. The van der Waals surface area contributed by atoms with Crippen LogP contribution >= 0.6 is 0 Å². The maximum absolute atomic E-state index is 11.8. The van der Waals surface area contributed by atoms with Gasteiger partial charge < -0.3 is 20.5 Å². The summed E-state index contributed by atoms with van der Waals surface area (Å²) in [5, 5.41) is 10.4. The molecule has 0 aromatic carbocycles. The van der Waals surface area contributed by atoms with Gasteiger partial charge in [0, 0.05) is 12.1 Å². The van der Waals surface area contributed by atoms with Crippen molar-refractivity contribution in [2.45, 2.75) is 57.8 Å². The van der Waals surface area contributed by atoms with Crippen LogP contribution in [0.3, 0.4) is 0 Å². The summed E-state index contributed by atoms with van der Waals surface area (Å²) < 4.78 is 5.26. The highest BCUT2D eigenvalue weighted by Gasteiger charge is 2.48. The molecule has 1 aliphatic rings. The summed E-state index contributed by atoms with van der Waals surface area (Å²) in [5.74, 6) is 0. The number of carbonyl (C=O) groups is 1. The largest absolute Gasteiger partial charge is 0.444 e. The molecule has 5 heteroatoms. The summed E-state index contributed by atoms with van der Waals surface area (Å²) in [6.07, 6.45) is 0.0908. The van der Waals surface area contributed by atoms with E-state index in [1.165, 1.54) is 4.90 Å². The third-order valence-electron chi connectivity index (χ3n) is 3.10. The van der Waals surface area contributed by atoms with E-state index in [0.29, 0.717) is 13.0 Å². The molecular weight excluding hydrogens is 220 g/mol. The third kappa shape index (κ3) is 3.33. The monoisotopic (exact) mass is 244 g/mol. The van der Waals surface area contributed by atoms with Crippen molar-refractivity contribution < 1.29 is 14.6 Å². The summed E-state index contributed by atoms with van der Waals surface area (Å²) in [6.45, 7) is 9.70. The second-order valence-corrected chi connectivity index (χ2v) is 6.41. The van der Waals surface area contributed by atoms with Gasteiger partial charge in [0.1, 0.15) is 11.2 Å². The van der Waals surface area contributed by atoms with Crippen LogP contribution in [0.1, 0.15) is 41.0 Å². The number of likely N-dealkylation sites (tertiary alicyclic amines) is 1. The summed E-state index contributed by atoms with van der Waals surface area (Å²) >= 11 is 0. The summed E-state index contributed by atoms with van der Waals surface area (Å²) in [4.78, 5) is 13.3. The molecule has 1 aliphatic heterocycles. The Hall–Kier alpha value is -0.810. The average molecular weight is 244 g/mol. The normalized spacial score (nSPS) is 26.2. The fourth-order valence-electron chi connectivity index (χ4n) is 1.80. The number of hydrogen-bond acceptors (Lipinski definition) is 4. The van der Waals surface area contributed by atoms with Crippen LogP contribution < -0.4 is 5.73 Å². The van der Waals surface area contributed by atoms with Gasteiger partial charge >= 0.3 is 6.09 Å². The minimum absolute atomic E-state index is 0.228. The molecule has 0 aromatic heterocycles. The molecule has 17 heavy (non-hydrogen) atoms. The van der Waals surface area contributed by atoms with E-state index in [0.717, 1.165) is 0 Å². The topological polar surface area (TPSA) is 75.8 Å². The van der Waals surface area contributed by atoms with Crippen LogP contribution in [0.25, 0.3) is 0 Å². The van der Waals surface area contributed by atoms with Crippen LogP contribution in [0.4, 0.5) is 4.79 Å². The average Bonchev–Trinajstić information content (AvgIpc) is 2.44. The van der Waals surface area contributed by atoms with Gasteiger partial charge in [0.2, 0.25) is 0 Å². The van der Waals surface area contributed by atoms with Gasteiger partial charge in [-0.25, -0.2) is 4.79 Å². The maximum Gasteiger partial charge on any atom is 0.410 e. The van der Waals surface area contributed by atoms with Crippen molar-refractivity contribution in [3.05, 3.63) is 0 Å². The first-order chi connectivity index (χ1) is 7.45. The summed E-state index contributed by atoms with van der Waals surface area (Å²) in [5.41, 5.74) is 3.65. The maximum atomic E-state index is 11.8. The van der Waals surface area contributed by atoms with Crippen LogP contribution in [-0.4, -0.2) is 45.9 Å². The lowest BCUT2D eigenvalue weighted by Gasteiger charge is -2.36. The molecule has 1 fully saturated rings. The quantitative estimate of drug-likeness (QED) is 0.724. The molecule has 100 valence electrons. The first kappa shape index (κ1) is 14.3. The molecule has 1 unspecified atom stereocenters. The first-order valence-electron chi connectivity index (χ1n) is 5.94. The summed E-state index contributed by atoms with van der Waals surface area (Å²) in [7, 11) is 0. The Balaban J connectivity index is 2.65. The fraction of sp³-hybridized carbons (Fsp3) is 0.917. The van der Waals surface area contributed by atoms with Gasteiger partial charge in [-0.2, -0.15) is 0 Å². The molecular formula is C12H24N2O3. The van der Waals surface area contributed by atoms with Crippen LogP contribution in [0.15, 0.2) is 0 Å². The first-order valence-corrected chi connectivity index (χ1v) is 5.94. The van der Waals surface area contributed by atoms with E-state index < -0.39 is 22.8 Å². The Morgan fingerprint density at radius 2 is 1.88 bits per heavy atom. The number of hydrogen-bond donors (Lipinski definition) is 2. The highest BCUT2D eigenvalue weighted by Crippen LogP contribution is 2.31. The van der Waals surface area contributed by atoms with E-state index in [1.54, 1.807) is 13.8 Å². The zero-order valence-corrected chi connectivity index (χ0v) is 11.4. The van der Waals surface area contributed by atoms with Gasteiger partial charge in [-0.15, -0.1) is 0 Å². The Morgan fingerprint density at radius 3 is 2.24 bits per heavy atom. The van der Waals surface area contributed by atoms with Crippen molar-refractivity contribution in [3.8, 4) is 0 Å². The Morgan fingerprint density at radius 1 is 1.35 bits per heavy atom. The van der Waals surface area contributed by atoms with Gasteiger partial charge in [-0.05, 0) is 41.0 Å². The van der Waals surface area contributed by atoms with Gasteiger partial charge in [0.25, 0.3) is 0 Å². The molecule has 0 saturated carbocycles. The second kappa shape index (κ2) is 4.14. The van der Waals surface area contributed by atoms with E-state index in [4.69, 9.17) is 10.5 Å². The number of ether oxygens (including phenoxy) is 1. The van der Waals surface area contributed by atoms with E-state index in [9.17, 15) is 9.90 Å². The van der Waals surface area contributed by atoms with Crippen molar-refractivity contribution in [2.24, 2.45) is 5.73 Å². The molecule has 1 saturated heterocycles.